The first-order valence-electron chi connectivity index (χ1n) is 8.48. The van der Waals surface area contributed by atoms with Crippen LogP contribution in [0.1, 0.15) is 28.7 Å². The third-order valence-electron chi connectivity index (χ3n) is 5.03. The minimum absolute atomic E-state index is 0.0307. The Hall–Kier alpha value is -3.18. The van der Waals surface area contributed by atoms with Crippen molar-refractivity contribution in [2.24, 2.45) is 4.99 Å². The number of amides is 1. The maximum atomic E-state index is 13.3. The highest BCUT2D eigenvalue weighted by Gasteiger charge is 2.51. The van der Waals surface area contributed by atoms with Crippen LogP contribution in [-0.4, -0.2) is 22.5 Å². The zero-order chi connectivity index (χ0) is 20.3. The summed E-state index contributed by atoms with van der Waals surface area (Å²) in [5.74, 6) is -0.519. The van der Waals surface area contributed by atoms with Crippen LogP contribution >= 0.6 is 0 Å². The highest BCUT2D eigenvalue weighted by molar-refractivity contribution is 6.27. The molecule has 28 heavy (non-hydrogen) atoms. The van der Waals surface area contributed by atoms with Crippen molar-refractivity contribution in [2.75, 3.05) is 4.90 Å². The third kappa shape index (κ3) is 2.67. The fourth-order valence-corrected chi connectivity index (χ4v) is 3.78. The second-order valence-electron chi connectivity index (χ2n) is 6.97. The van der Waals surface area contributed by atoms with Crippen LogP contribution in [0.3, 0.4) is 0 Å². The van der Waals surface area contributed by atoms with Gasteiger partial charge in [0.15, 0.2) is 0 Å². The lowest BCUT2D eigenvalue weighted by Crippen LogP contribution is -2.44. The van der Waals surface area contributed by atoms with Gasteiger partial charge < -0.3 is 5.11 Å². The summed E-state index contributed by atoms with van der Waals surface area (Å²) in [6, 6.07) is 10.6. The molecule has 1 fully saturated rings. The van der Waals surface area contributed by atoms with E-state index in [1.807, 2.05) is 6.07 Å². The van der Waals surface area contributed by atoms with Crippen LogP contribution in [0.4, 0.5) is 24.5 Å². The molecule has 2 heterocycles. The molecule has 0 radical (unpaired) electrons. The number of amidine groups is 1. The Labute approximate surface area is 158 Å². The van der Waals surface area contributed by atoms with E-state index in [2.05, 4.69) is 4.99 Å². The normalized spacial score (nSPS) is 21.1. The second-order valence-corrected chi connectivity index (χ2v) is 6.97. The SMILES string of the molecule is Cc1cc2c(cc1C(F)(F)F)N=C1N(c3ccccc3C#N)C(=O)C[C@@]1(O)C2. The lowest BCUT2D eigenvalue weighted by Gasteiger charge is -2.30. The molecule has 4 rings (SSSR count). The molecule has 0 unspecified atom stereocenters. The first-order valence-corrected chi connectivity index (χ1v) is 8.48. The maximum Gasteiger partial charge on any atom is 0.416 e. The van der Waals surface area contributed by atoms with Crippen LogP contribution in [0, 0.1) is 18.3 Å². The summed E-state index contributed by atoms with van der Waals surface area (Å²) < 4.78 is 39.8. The molecule has 2 aromatic rings. The average Bonchev–Trinajstić information content (AvgIpc) is 2.87. The van der Waals surface area contributed by atoms with Gasteiger partial charge in [0.2, 0.25) is 5.91 Å². The molecular weight excluding hydrogens is 371 g/mol. The van der Waals surface area contributed by atoms with Gasteiger partial charge in [0, 0.05) is 6.42 Å². The zero-order valence-electron chi connectivity index (χ0n) is 14.7. The van der Waals surface area contributed by atoms with E-state index in [-0.39, 0.29) is 41.2 Å². The van der Waals surface area contributed by atoms with Gasteiger partial charge >= 0.3 is 6.18 Å². The van der Waals surface area contributed by atoms with E-state index in [0.717, 1.165) is 11.0 Å². The van der Waals surface area contributed by atoms with Crippen LogP contribution < -0.4 is 4.90 Å². The summed E-state index contributed by atoms with van der Waals surface area (Å²) in [6.45, 7) is 1.35. The molecule has 2 aliphatic heterocycles. The van der Waals surface area contributed by atoms with Gasteiger partial charge in [-0.15, -0.1) is 0 Å². The smallest absolute Gasteiger partial charge is 0.381 e. The van der Waals surface area contributed by atoms with E-state index in [9.17, 15) is 28.3 Å². The number of para-hydroxylation sites is 1. The molecule has 0 aliphatic carbocycles. The molecule has 2 aliphatic rings. The van der Waals surface area contributed by atoms with Crippen molar-refractivity contribution < 1.29 is 23.1 Å². The first-order chi connectivity index (χ1) is 13.1. The summed E-state index contributed by atoms with van der Waals surface area (Å²) in [4.78, 5) is 18.0. The molecule has 5 nitrogen and oxygen atoms in total. The van der Waals surface area contributed by atoms with Gasteiger partial charge in [-0.3, -0.25) is 9.69 Å². The molecule has 8 heteroatoms. The Kier molecular flexibility index (Phi) is 3.84. The van der Waals surface area contributed by atoms with Gasteiger partial charge in [-0.2, -0.15) is 18.4 Å². The molecule has 1 N–H and O–H groups in total. The molecule has 0 spiro atoms. The molecule has 0 bridgehead atoms. The quantitative estimate of drug-likeness (QED) is 0.814. The predicted octanol–water partition coefficient (Wildman–Crippen LogP) is 3.64. The van der Waals surface area contributed by atoms with E-state index < -0.39 is 23.2 Å². The largest absolute Gasteiger partial charge is 0.416 e. The summed E-state index contributed by atoms with van der Waals surface area (Å²) in [6.07, 6.45) is -4.83. The first kappa shape index (κ1) is 18.2. The number of carbonyl (C=O) groups is 1. The van der Waals surface area contributed by atoms with Crippen molar-refractivity contribution in [1.82, 2.24) is 0 Å². The van der Waals surface area contributed by atoms with Crippen molar-refractivity contribution in [1.29, 1.82) is 5.26 Å². The number of aryl methyl sites for hydroxylation is 1. The fourth-order valence-electron chi connectivity index (χ4n) is 3.78. The molecule has 1 atom stereocenters. The number of benzene rings is 2. The number of hydrogen-bond donors (Lipinski definition) is 1. The number of nitriles is 1. The third-order valence-corrected chi connectivity index (χ3v) is 5.03. The van der Waals surface area contributed by atoms with Crippen LogP contribution in [0.5, 0.6) is 0 Å². The number of aliphatic hydroxyl groups is 1. The van der Waals surface area contributed by atoms with Gasteiger partial charge in [0.05, 0.1) is 28.9 Å². The van der Waals surface area contributed by atoms with Gasteiger partial charge in [0.25, 0.3) is 0 Å². The number of fused-ring (bicyclic) bond motifs is 2. The number of alkyl halides is 3. The number of aliphatic imine (C=N–C) groups is 1. The van der Waals surface area contributed by atoms with Crippen LogP contribution in [-0.2, 0) is 17.4 Å². The monoisotopic (exact) mass is 385 g/mol. The fraction of sp³-hybridized carbons (Fsp3) is 0.250. The Balaban J connectivity index is 1.90. The second kappa shape index (κ2) is 5.91. The predicted molar refractivity (Wildman–Crippen MR) is 95.2 cm³/mol. The Morgan fingerprint density at radius 3 is 2.64 bits per heavy atom. The Morgan fingerprint density at radius 1 is 1.25 bits per heavy atom. The van der Waals surface area contributed by atoms with Crippen LogP contribution in [0.25, 0.3) is 0 Å². The van der Waals surface area contributed by atoms with Crippen LogP contribution in [0.15, 0.2) is 41.4 Å². The minimum Gasteiger partial charge on any atom is -0.381 e. The van der Waals surface area contributed by atoms with Crippen molar-refractivity contribution in [3.8, 4) is 6.07 Å². The van der Waals surface area contributed by atoms with Gasteiger partial charge in [-0.25, -0.2) is 4.99 Å². The average molecular weight is 385 g/mol. The van der Waals surface area contributed by atoms with E-state index in [4.69, 9.17) is 0 Å². The minimum atomic E-state index is -4.54. The molecule has 2 aromatic carbocycles. The zero-order valence-corrected chi connectivity index (χ0v) is 14.7. The molecule has 1 saturated heterocycles. The lowest BCUT2D eigenvalue weighted by atomic mass is 9.87. The van der Waals surface area contributed by atoms with E-state index >= 15 is 0 Å². The summed E-state index contributed by atoms with van der Waals surface area (Å²) in [5, 5.41) is 20.4. The van der Waals surface area contributed by atoms with Crippen molar-refractivity contribution >= 4 is 23.1 Å². The standard InChI is InChI=1S/C20H14F3N3O2/c1-11-6-13-8-19(28)9-17(27)26(16-5-3-2-4-12(16)10-24)18(19)25-15(13)7-14(11)20(21,22)23/h2-7,28H,8-9H2,1H3/t19-/m0/s1. The topological polar surface area (TPSA) is 76.7 Å². The number of hydrogen-bond acceptors (Lipinski definition) is 4. The molecule has 0 aromatic heterocycles. The summed E-state index contributed by atoms with van der Waals surface area (Å²) in [5.41, 5.74) is -1.45. The van der Waals surface area contributed by atoms with Gasteiger partial charge in [-0.05, 0) is 36.2 Å². The van der Waals surface area contributed by atoms with E-state index in [1.165, 1.54) is 25.1 Å². The van der Waals surface area contributed by atoms with E-state index in [0.29, 0.717) is 5.56 Å². The van der Waals surface area contributed by atoms with Gasteiger partial charge in [0.1, 0.15) is 17.5 Å². The number of anilines is 1. The number of halogens is 3. The molecule has 142 valence electrons. The van der Waals surface area contributed by atoms with Crippen LogP contribution in [0.2, 0.25) is 0 Å². The Bertz CT molecular complexity index is 1090. The van der Waals surface area contributed by atoms with Crippen molar-refractivity contribution in [3.05, 3.63) is 58.7 Å². The van der Waals surface area contributed by atoms with Gasteiger partial charge in [-0.1, -0.05) is 18.2 Å². The highest BCUT2D eigenvalue weighted by atomic mass is 19.4. The lowest BCUT2D eigenvalue weighted by molar-refractivity contribution is -0.138. The number of rotatable bonds is 1. The summed E-state index contributed by atoms with van der Waals surface area (Å²) >= 11 is 0. The molecular formula is C20H14F3N3O2. The highest BCUT2D eigenvalue weighted by Crippen LogP contribution is 2.43. The summed E-state index contributed by atoms with van der Waals surface area (Å²) in [7, 11) is 0. The number of carbonyl (C=O) groups excluding carboxylic acids is 1. The van der Waals surface area contributed by atoms with Crippen molar-refractivity contribution in [3.63, 3.8) is 0 Å². The molecule has 0 saturated carbocycles. The maximum absolute atomic E-state index is 13.3. The number of nitrogens with zero attached hydrogens (tertiary/aromatic N) is 3. The Morgan fingerprint density at radius 2 is 1.96 bits per heavy atom. The van der Waals surface area contributed by atoms with E-state index in [1.54, 1.807) is 12.1 Å². The molecule has 1 amide bonds. The van der Waals surface area contributed by atoms with Crippen molar-refractivity contribution in [2.45, 2.75) is 31.5 Å².